The number of piperidine rings is 1. The van der Waals surface area contributed by atoms with E-state index in [-0.39, 0.29) is 23.4 Å². The highest BCUT2D eigenvalue weighted by atomic mass is 35.5. The van der Waals surface area contributed by atoms with Gasteiger partial charge in [-0.2, -0.15) is 0 Å². The summed E-state index contributed by atoms with van der Waals surface area (Å²) in [6, 6.07) is 16.5. The molecule has 0 aliphatic carbocycles. The molecule has 6 nitrogen and oxygen atoms in total. The number of hydrogen-bond donors (Lipinski definition) is 2. The number of pyridine rings is 2. The lowest BCUT2D eigenvalue weighted by Gasteiger charge is -2.22. The van der Waals surface area contributed by atoms with Crippen molar-refractivity contribution in [3.05, 3.63) is 99.2 Å². The van der Waals surface area contributed by atoms with Crippen molar-refractivity contribution in [2.24, 2.45) is 5.92 Å². The number of halogens is 1. The third kappa shape index (κ3) is 5.26. The molecule has 1 amide bonds. The molecule has 2 aromatic heterocycles. The summed E-state index contributed by atoms with van der Waals surface area (Å²) in [6.07, 6.45) is 5.70. The molecule has 1 atom stereocenters. The van der Waals surface area contributed by atoms with Gasteiger partial charge in [0.25, 0.3) is 5.56 Å². The van der Waals surface area contributed by atoms with Gasteiger partial charge in [0.2, 0.25) is 5.91 Å². The Morgan fingerprint density at radius 1 is 1.12 bits per heavy atom. The van der Waals surface area contributed by atoms with Crippen molar-refractivity contribution < 1.29 is 4.79 Å². The highest BCUT2D eigenvalue weighted by Crippen LogP contribution is 2.25. The van der Waals surface area contributed by atoms with Gasteiger partial charge in [0.1, 0.15) is 6.04 Å². The number of aromatic nitrogens is 2. The van der Waals surface area contributed by atoms with Crippen LogP contribution in [0.15, 0.2) is 71.8 Å². The molecule has 1 aliphatic rings. The van der Waals surface area contributed by atoms with Crippen molar-refractivity contribution in [1.29, 1.82) is 0 Å². The van der Waals surface area contributed by atoms with Crippen LogP contribution in [-0.2, 0) is 11.2 Å². The fourth-order valence-electron chi connectivity index (χ4n) is 4.16. The van der Waals surface area contributed by atoms with Crippen LogP contribution in [0.4, 0.5) is 0 Å². The summed E-state index contributed by atoms with van der Waals surface area (Å²) in [5.74, 6) is 0.136. The van der Waals surface area contributed by atoms with Crippen LogP contribution in [0.5, 0.6) is 0 Å². The van der Waals surface area contributed by atoms with Crippen LogP contribution in [0.1, 0.15) is 35.7 Å². The van der Waals surface area contributed by atoms with Crippen LogP contribution < -0.4 is 16.2 Å². The number of nitrogens with one attached hydrogen (secondary N) is 2. The fraction of sp³-hybridized carbons (Fsp3) is 0.320. The molecule has 0 spiro atoms. The second-order valence-electron chi connectivity index (χ2n) is 8.02. The first kappa shape index (κ1) is 22.2. The topological polar surface area (TPSA) is 76.0 Å². The number of carbonyl (C=O) groups excluding carboxylic acids is 1. The Morgan fingerprint density at radius 3 is 2.62 bits per heavy atom. The van der Waals surface area contributed by atoms with Gasteiger partial charge in [0.05, 0.1) is 5.69 Å². The third-order valence-corrected chi connectivity index (χ3v) is 6.14. The van der Waals surface area contributed by atoms with Gasteiger partial charge in [0, 0.05) is 35.4 Å². The molecule has 166 valence electrons. The van der Waals surface area contributed by atoms with Crippen molar-refractivity contribution in [2.75, 3.05) is 19.6 Å². The number of hydrogen-bond acceptors (Lipinski definition) is 4. The molecular formula is C25H27ClN4O2. The van der Waals surface area contributed by atoms with E-state index in [0.29, 0.717) is 23.6 Å². The van der Waals surface area contributed by atoms with Crippen LogP contribution in [0, 0.1) is 5.92 Å². The predicted molar refractivity (Wildman–Crippen MR) is 126 cm³/mol. The van der Waals surface area contributed by atoms with Crippen LogP contribution >= 0.6 is 11.6 Å². The molecule has 1 aliphatic heterocycles. The average molecular weight is 451 g/mol. The lowest BCUT2D eigenvalue weighted by Crippen LogP contribution is -2.39. The van der Waals surface area contributed by atoms with E-state index in [9.17, 15) is 9.59 Å². The SMILES string of the molecule is O=C(NCCc1cccn(C(c2ccc(Cl)cc2)c2ccccn2)c1=O)C1CCNCC1. The van der Waals surface area contributed by atoms with Gasteiger partial charge in [-0.3, -0.25) is 14.6 Å². The highest BCUT2D eigenvalue weighted by molar-refractivity contribution is 6.30. The number of carbonyl (C=O) groups is 1. The van der Waals surface area contributed by atoms with Gasteiger partial charge in [-0.25, -0.2) is 0 Å². The first-order valence-electron chi connectivity index (χ1n) is 11.0. The predicted octanol–water partition coefficient (Wildman–Crippen LogP) is 3.19. The van der Waals surface area contributed by atoms with E-state index < -0.39 is 0 Å². The van der Waals surface area contributed by atoms with Gasteiger partial charge < -0.3 is 15.2 Å². The van der Waals surface area contributed by atoms with Gasteiger partial charge in [-0.1, -0.05) is 35.9 Å². The van der Waals surface area contributed by atoms with Gasteiger partial charge in [-0.05, 0) is 68.2 Å². The largest absolute Gasteiger partial charge is 0.356 e. The van der Waals surface area contributed by atoms with E-state index >= 15 is 0 Å². The van der Waals surface area contributed by atoms with Crippen LogP contribution in [-0.4, -0.2) is 35.1 Å². The molecule has 0 radical (unpaired) electrons. The normalized spacial score (nSPS) is 15.3. The second-order valence-corrected chi connectivity index (χ2v) is 8.46. The fourth-order valence-corrected chi connectivity index (χ4v) is 4.28. The van der Waals surface area contributed by atoms with Crippen LogP contribution in [0.25, 0.3) is 0 Å². The number of amides is 1. The Morgan fingerprint density at radius 2 is 1.91 bits per heavy atom. The Labute approximate surface area is 192 Å². The maximum Gasteiger partial charge on any atom is 0.254 e. The summed E-state index contributed by atoms with van der Waals surface area (Å²) >= 11 is 6.08. The van der Waals surface area contributed by atoms with Crippen LogP contribution in [0.3, 0.4) is 0 Å². The monoisotopic (exact) mass is 450 g/mol. The quantitative estimate of drug-likeness (QED) is 0.579. The minimum atomic E-state index is -0.370. The molecule has 3 aromatic rings. The smallest absolute Gasteiger partial charge is 0.254 e. The van der Waals surface area contributed by atoms with E-state index in [4.69, 9.17) is 11.6 Å². The minimum Gasteiger partial charge on any atom is -0.356 e. The van der Waals surface area contributed by atoms with Gasteiger partial charge in [0.15, 0.2) is 0 Å². The van der Waals surface area contributed by atoms with E-state index in [1.807, 2.05) is 54.6 Å². The van der Waals surface area contributed by atoms with E-state index in [2.05, 4.69) is 15.6 Å². The first-order chi connectivity index (χ1) is 15.6. The summed E-state index contributed by atoms with van der Waals surface area (Å²) in [4.78, 5) is 30.3. The second kappa shape index (κ2) is 10.6. The molecule has 1 unspecified atom stereocenters. The zero-order chi connectivity index (χ0) is 22.3. The van der Waals surface area contributed by atoms with Crippen LogP contribution in [0.2, 0.25) is 5.02 Å². The van der Waals surface area contributed by atoms with Gasteiger partial charge >= 0.3 is 0 Å². The first-order valence-corrected chi connectivity index (χ1v) is 11.4. The summed E-state index contributed by atoms with van der Waals surface area (Å²) in [7, 11) is 0. The zero-order valence-corrected chi connectivity index (χ0v) is 18.6. The summed E-state index contributed by atoms with van der Waals surface area (Å²) in [5, 5.41) is 6.91. The highest BCUT2D eigenvalue weighted by Gasteiger charge is 2.22. The number of nitrogens with zero attached hydrogens (tertiary/aromatic N) is 2. The molecule has 32 heavy (non-hydrogen) atoms. The lowest BCUT2D eigenvalue weighted by molar-refractivity contribution is -0.125. The molecule has 3 heterocycles. The van der Waals surface area contributed by atoms with E-state index in [1.54, 1.807) is 17.0 Å². The van der Waals surface area contributed by atoms with Crippen molar-refractivity contribution in [1.82, 2.24) is 20.2 Å². The Balaban J connectivity index is 1.55. The number of rotatable bonds is 7. The summed E-state index contributed by atoms with van der Waals surface area (Å²) in [5.41, 5.74) is 2.27. The van der Waals surface area contributed by atoms with E-state index in [1.165, 1.54) is 0 Å². The van der Waals surface area contributed by atoms with E-state index in [0.717, 1.165) is 37.2 Å². The Hall–Kier alpha value is -2.96. The Kier molecular flexibility index (Phi) is 7.35. The number of benzene rings is 1. The van der Waals surface area contributed by atoms with Crippen molar-refractivity contribution in [2.45, 2.75) is 25.3 Å². The molecular weight excluding hydrogens is 424 g/mol. The molecule has 4 rings (SSSR count). The minimum absolute atomic E-state index is 0.0575. The molecule has 7 heteroatoms. The Bertz CT molecular complexity index is 1090. The maximum atomic E-state index is 13.4. The average Bonchev–Trinajstić information content (AvgIpc) is 2.83. The molecule has 1 aromatic carbocycles. The maximum absolute atomic E-state index is 13.4. The summed E-state index contributed by atoms with van der Waals surface area (Å²) < 4.78 is 1.70. The molecule has 0 bridgehead atoms. The molecule has 0 saturated carbocycles. The van der Waals surface area contributed by atoms with Crippen molar-refractivity contribution in [3.63, 3.8) is 0 Å². The molecule has 1 saturated heterocycles. The third-order valence-electron chi connectivity index (χ3n) is 5.89. The molecule has 2 N–H and O–H groups in total. The lowest BCUT2D eigenvalue weighted by atomic mass is 9.97. The molecule has 1 fully saturated rings. The zero-order valence-electron chi connectivity index (χ0n) is 17.8. The van der Waals surface area contributed by atoms with Crippen molar-refractivity contribution in [3.8, 4) is 0 Å². The van der Waals surface area contributed by atoms with Crippen molar-refractivity contribution >= 4 is 17.5 Å². The summed E-state index contributed by atoms with van der Waals surface area (Å²) in [6.45, 7) is 2.19. The standard InChI is InChI=1S/C25H27ClN4O2/c26-21-8-6-18(7-9-21)23(22-5-1-2-13-28-22)30-17-3-4-20(25(30)32)12-16-29-24(31)19-10-14-27-15-11-19/h1-9,13,17,19,23,27H,10-12,14-16H2,(H,29,31). The van der Waals surface area contributed by atoms with Gasteiger partial charge in [-0.15, -0.1) is 0 Å².